The van der Waals surface area contributed by atoms with Gasteiger partial charge in [0, 0.05) is 23.4 Å². The van der Waals surface area contributed by atoms with E-state index in [0.29, 0.717) is 17.5 Å². The van der Waals surface area contributed by atoms with Crippen LogP contribution < -0.4 is 16.2 Å². The Hall–Kier alpha value is -2.89. The van der Waals surface area contributed by atoms with E-state index >= 15 is 0 Å². The second-order valence-electron chi connectivity index (χ2n) is 7.63. The molecule has 1 atom stereocenters. The summed E-state index contributed by atoms with van der Waals surface area (Å²) >= 11 is 0. The highest BCUT2D eigenvalue weighted by Gasteiger charge is 2.23. The number of amides is 2. The Labute approximate surface area is 165 Å². The highest BCUT2D eigenvalue weighted by atomic mass is 16.2. The van der Waals surface area contributed by atoms with Crippen molar-refractivity contribution in [2.45, 2.75) is 53.6 Å². The summed E-state index contributed by atoms with van der Waals surface area (Å²) in [7, 11) is 0. The van der Waals surface area contributed by atoms with Crippen LogP contribution in [0.5, 0.6) is 0 Å². The molecule has 1 heterocycles. The van der Waals surface area contributed by atoms with E-state index in [-0.39, 0.29) is 29.8 Å². The molecule has 0 radical (unpaired) electrons. The Morgan fingerprint density at radius 1 is 1.07 bits per heavy atom. The Morgan fingerprint density at radius 2 is 1.75 bits per heavy atom. The van der Waals surface area contributed by atoms with Crippen molar-refractivity contribution in [1.29, 1.82) is 0 Å². The molecule has 2 aromatic rings. The first-order valence-electron chi connectivity index (χ1n) is 9.52. The molecule has 0 aliphatic rings. The smallest absolute Gasteiger partial charge is 0.253 e. The van der Waals surface area contributed by atoms with Crippen LogP contribution in [0.15, 0.2) is 35.1 Å². The van der Waals surface area contributed by atoms with Crippen LogP contribution in [0.25, 0.3) is 0 Å². The van der Waals surface area contributed by atoms with Gasteiger partial charge in [-0.05, 0) is 56.4 Å². The van der Waals surface area contributed by atoms with E-state index in [2.05, 4.69) is 15.6 Å². The molecule has 2 amide bonds. The van der Waals surface area contributed by atoms with Crippen LogP contribution in [0, 0.1) is 26.7 Å². The highest BCUT2D eigenvalue weighted by molar-refractivity contribution is 5.98. The zero-order chi connectivity index (χ0) is 20.8. The average molecular weight is 383 g/mol. The summed E-state index contributed by atoms with van der Waals surface area (Å²) in [6.45, 7) is 9.63. The SMILES string of the molecule is Cc1cc(C)c(CNC(=O)[C@H](CC(C)C)NC(=O)c2ccccc2C)c(=O)[nH]1. The molecular weight excluding hydrogens is 354 g/mol. The van der Waals surface area contributed by atoms with E-state index in [9.17, 15) is 14.4 Å². The number of aryl methyl sites for hydroxylation is 3. The van der Waals surface area contributed by atoms with Gasteiger partial charge in [-0.2, -0.15) is 0 Å². The number of H-pyrrole nitrogens is 1. The van der Waals surface area contributed by atoms with Crippen LogP contribution in [0.3, 0.4) is 0 Å². The van der Waals surface area contributed by atoms with Gasteiger partial charge in [-0.25, -0.2) is 0 Å². The maximum atomic E-state index is 12.8. The van der Waals surface area contributed by atoms with Crippen LogP contribution in [0.1, 0.15) is 53.0 Å². The van der Waals surface area contributed by atoms with Crippen molar-refractivity contribution in [2.24, 2.45) is 5.92 Å². The predicted octanol–water partition coefficient (Wildman–Crippen LogP) is 2.76. The van der Waals surface area contributed by atoms with E-state index < -0.39 is 6.04 Å². The first-order chi connectivity index (χ1) is 13.2. The summed E-state index contributed by atoms with van der Waals surface area (Å²) in [6.07, 6.45) is 0.507. The molecule has 6 nitrogen and oxygen atoms in total. The first kappa shape index (κ1) is 21.4. The van der Waals surface area contributed by atoms with Gasteiger partial charge in [0.15, 0.2) is 0 Å². The number of aromatic amines is 1. The predicted molar refractivity (Wildman–Crippen MR) is 110 cm³/mol. The topological polar surface area (TPSA) is 91.1 Å². The third-order valence-electron chi connectivity index (χ3n) is 4.65. The van der Waals surface area contributed by atoms with Gasteiger partial charge in [0.2, 0.25) is 5.91 Å². The summed E-state index contributed by atoms with van der Waals surface area (Å²) in [5.74, 6) is -0.351. The van der Waals surface area contributed by atoms with Crippen molar-refractivity contribution >= 4 is 11.8 Å². The number of nitrogens with one attached hydrogen (secondary N) is 3. The fourth-order valence-corrected chi connectivity index (χ4v) is 3.17. The number of hydrogen-bond acceptors (Lipinski definition) is 3. The summed E-state index contributed by atoms with van der Waals surface area (Å²) in [5.41, 5.74) is 3.32. The Morgan fingerprint density at radius 3 is 2.36 bits per heavy atom. The van der Waals surface area contributed by atoms with Gasteiger partial charge in [0.1, 0.15) is 6.04 Å². The van der Waals surface area contributed by atoms with E-state index in [4.69, 9.17) is 0 Å². The van der Waals surface area contributed by atoms with Crippen LogP contribution >= 0.6 is 0 Å². The van der Waals surface area contributed by atoms with Crippen molar-refractivity contribution < 1.29 is 9.59 Å². The van der Waals surface area contributed by atoms with Gasteiger partial charge in [0.05, 0.1) is 0 Å². The molecule has 0 unspecified atom stereocenters. The lowest BCUT2D eigenvalue weighted by Crippen LogP contribution is -2.47. The molecule has 6 heteroatoms. The van der Waals surface area contributed by atoms with Crippen molar-refractivity contribution in [3.05, 3.63) is 68.6 Å². The van der Waals surface area contributed by atoms with Crippen molar-refractivity contribution in [3.63, 3.8) is 0 Å². The van der Waals surface area contributed by atoms with Crippen molar-refractivity contribution in [2.75, 3.05) is 0 Å². The van der Waals surface area contributed by atoms with E-state index in [0.717, 1.165) is 16.8 Å². The quantitative estimate of drug-likeness (QED) is 0.687. The minimum atomic E-state index is -0.669. The molecule has 150 valence electrons. The standard InChI is InChI=1S/C22H29N3O3/c1-13(2)10-19(25-20(26)17-9-7-6-8-14(17)3)22(28)23-12-18-15(4)11-16(5)24-21(18)27/h6-9,11,13,19H,10,12H2,1-5H3,(H,23,28)(H,24,27)(H,25,26)/t19-/m0/s1. The van der Waals surface area contributed by atoms with Gasteiger partial charge in [0.25, 0.3) is 11.5 Å². The van der Waals surface area contributed by atoms with Gasteiger partial charge in [-0.15, -0.1) is 0 Å². The lowest BCUT2D eigenvalue weighted by atomic mass is 10.0. The minimum absolute atomic E-state index is 0.120. The van der Waals surface area contributed by atoms with Crippen molar-refractivity contribution in [3.8, 4) is 0 Å². The number of pyridine rings is 1. The normalized spacial score (nSPS) is 11.9. The fraction of sp³-hybridized carbons (Fsp3) is 0.409. The summed E-state index contributed by atoms with van der Waals surface area (Å²) in [4.78, 5) is 40.3. The minimum Gasteiger partial charge on any atom is -0.350 e. The van der Waals surface area contributed by atoms with Gasteiger partial charge in [-0.3, -0.25) is 14.4 Å². The molecular formula is C22H29N3O3. The molecule has 0 fully saturated rings. The molecule has 2 rings (SSSR count). The maximum Gasteiger partial charge on any atom is 0.253 e. The molecule has 3 N–H and O–H groups in total. The second kappa shape index (κ2) is 9.35. The number of hydrogen-bond donors (Lipinski definition) is 3. The molecule has 1 aromatic heterocycles. The number of rotatable bonds is 7. The highest BCUT2D eigenvalue weighted by Crippen LogP contribution is 2.11. The number of carbonyl (C=O) groups is 2. The Kier molecular flexibility index (Phi) is 7.15. The molecule has 0 bridgehead atoms. The van der Waals surface area contributed by atoms with Gasteiger partial charge in [-0.1, -0.05) is 32.0 Å². The molecule has 28 heavy (non-hydrogen) atoms. The molecule has 1 aromatic carbocycles. The lowest BCUT2D eigenvalue weighted by Gasteiger charge is -2.21. The number of benzene rings is 1. The number of aromatic nitrogens is 1. The molecule has 0 saturated heterocycles. The Bertz CT molecular complexity index is 915. The van der Waals surface area contributed by atoms with Crippen LogP contribution in [0.4, 0.5) is 0 Å². The summed E-state index contributed by atoms with van der Waals surface area (Å²) in [6, 6.07) is 8.46. The maximum absolute atomic E-state index is 12.8. The third-order valence-corrected chi connectivity index (χ3v) is 4.65. The molecule has 0 saturated carbocycles. The molecule has 0 aliphatic heterocycles. The monoisotopic (exact) mass is 383 g/mol. The largest absolute Gasteiger partial charge is 0.350 e. The Balaban J connectivity index is 2.12. The fourth-order valence-electron chi connectivity index (χ4n) is 3.17. The van der Waals surface area contributed by atoms with Crippen molar-refractivity contribution in [1.82, 2.24) is 15.6 Å². The number of carbonyl (C=O) groups excluding carboxylic acids is 2. The first-order valence-corrected chi connectivity index (χ1v) is 9.52. The molecule has 0 aliphatic carbocycles. The second-order valence-corrected chi connectivity index (χ2v) is 7.63. The van der Waals surface area contributed by atoms with E-state index in [1.165, 1.54) is 0 Å². The summed E-state index contributed by atoms with van der Waals surface area (Å²) < 4.78 is 0. The lowest BCUT2D eigenvalue weighted by molar-refractivity contribution is -0.123. The van der Waals surface area contributed by atoms with E-state index in [1.54, 1.807) is 12.1 Å². The third kappa shape index (κ3) is 5.55. The van der Waals surface area contributed by atoms with Crippen LogP contribution in [-0.2, 0) is 11.3 Å². The van der Waals surface area contributed by atoms with Crippen LogP contribution in [0.2, 0.25) is 0 Å². The van der Waals surface area contributed by atoms with Gasteiger partial charge < -0.3 is 15.6 Å². The summed E-state index contributed by atoms with van der Waals surface area (Å²) in [5, 5.41) is 5.65. The average Bonchev–Trinajstić information content (AvgIpc) is 2.59. The zero-order valence-electron chi connectivity index (χ0n) is 17.2. The van der Waals surface area contributed by atoms with Crippen LogP contribution in [-0.4, -0.2) is 22.8 Å². The van der Waals surface area contributed by atoms with E-state index in [1.807, 2.05) is 52.8 Å². The van der Waals surface area contributed by atoms with Gasteiger partial charge >= 0.3 is 0 Å². The molecule has 0 spiro atoms. The zero-order valence-corrected chi connectivity index (χ0v) is 17.2.